The molecule has 0 aliphatic heterocycles. The van der Waals surface area contributed by atoms with Gasteiger partial charge in [-0.15, -0.1) is 11.6 Å². The van der Waals surface area contributed by atoms with E-state index in [2.05, 4.69) is 9.97 Å². The standard InChI is InChI=1S/C19H20ClN3O3/c1-12(20)11-26-15-6-4-14(5-7-15)10-23-13(2)21-16-8-9-17(19(24)25-3)22-18(16)23/h4-9,12H,10-11H2,1-3H3. The van der Waals surface area contributed by atoms with E-state index < -0.39 is 5.97 Å². The van der Waals surface area contributed by atoms with E-state index in [4.69, 9.17) is 21.1 Å². The summed E-state index contributed by atoms with van der Waals surface area (Å²) < 4.78 is 12.3. The molecule has 0 amide bonds. The van der Waals surface area contributed by atoms with Crippen molar-refractivity contribution in [1.82, 2.24) is 14.5 Å². The smallest absolute Gasteiger partial charge is 0.356 e. The van der Waals surface area contributed by atoms with Gasteiger partial charge in [-0.1, -0.05) is 12.1 Å². The molecule has 0 aliphatic rings. The van der Waals surface area contributed by atoms with Crippen LogP contribution in [0.2, 0.25) is 0 Å². The Morgan fingerprint density at radius 3 is 2.58 bits per heavy atom. The van der Waals surface area contributed by atoms with Crippen LogP contribution >= 0.6 is 11.6 Å². The Kier molecular flexibility index (Phi) is 5.42. The summed E-state index contributed by atoms with van der Waals surface area (Å²) in [5.41, 5.74) is 2.73. The van der Waals surface area contributed by atoms with Gasteiger partial charge in [0.15, 0.2) is 11.3 Å². The number of aromatic nitrogens is 3. The van der Waals surface area contributed by atoms with Gasteiger partial charge in [0.05, 0.1) is 19.0 Å². The monoisotopic (exact) mass is 373 g/mol. The topological polar surface area (TPSA) is 66.2 Å². The fourth-order valence-corrected chi connectivity index (χ4v) is 2.67. The molecule has 0 aliphatic carbocycles. The van der Waals surface area contributed by atoms with E-state index in [9.17, 15) is 4.79 Å². The Labute approximate surface area is 156 Å². The molecule has 1 aromatic carbocycles. The molecule has 3 aromatic rings. The lowest BCUT2D eigenvalue weighted by Gasteiger charge is -2.10. The molecule has 1 unspecified atom stereocenters. The Morgan fingerprint density at radius 1 is 1.19 bits per heavy atom. The van der Waals surface area contributed by atoms with Crippen LogP contribution in [-0.2, 0) is 11.3 Å². The molecule has 2 heterocycles. The molecule has 2 aromatic heterocycles. The van der Waals surface area contributed by atoms with Crippen molar-refractivity contribution in [3.05, 3.63) is 53.5 Å². The van der Waals surface area contributed by atoms with Gasteiger partial charge in [-0.2, -0.15) is 0 Å². The summed E-state index contributed by atoms with van der Waals surface area (Å²) in [7, 11) is 1.34. The minimum Gasteiger partial charge on any atom is -0.492 e. The number of aryl methyl sites for hydroxylation is 1. The first-order valence-corrected chi connectivity index (χ1v) is 8.69. The first kappa shape index (κ1) is 18.2. The van der Waals surface area contributed by atoms with Crippen molar-refractivity contribution in [3.8, 4) is 5.75 Å². The summed E-state index contributed by atoms with van der Waals surface area (Å²) in [6, 6.07) is 11.2. The van der Waals surface area contributed by atoms with E-state index in [0.717, 1.165) is 22.7 Å². The molecule has 0 saturated heterocycles. The zero-order chi connectivity index (χ0) is 18.7. The number of pyridine rings is 1. The molecule has 0 saturated carbocycles. The van der Waals surface area contributed by atoms with Crippen LogP contribution in [0.15, 0.2) is 36.4 Å². The highest BCUT2D eigenvalue weighted by Crippen LogP contribution is 2.19. The van der Waals surface area contributed by atoms with Gasteiger partial charge in [0.1, 0.15) is 23.7 Å². The predicted octanol–water partition coefficient (Wildman–Crippen LogP) is 3.58. The van der Waals surface area contributed by atoms with Crippen LogP contribution in [0.1, 0.15) is 28.8 Å². The summed E-state index contributed by atoms with van der Waals surface area (Å²) in [5.74, 6) is 1.14. The van der Waals surface area contributed by atoms with E-state index >= 15 is 0 Å². The van der Waals surface area contributed by atoms with Crippen LogP contribution in [-0.4, -0.2) is 39.6 Å². The Bertz CT molecular complexity index is 920. The maximum Gasteiger partial charge on any atom is 0.356 e. The van der Waals surface area contributed by atoms with Gasteiger partial charge in [-0.05, 0) is 43.7 Å². The highest BCUT2D eigenvalue weighted by Gasteiger charge is 2.14. The number of methoxy groups -OCH3 is 1. The predicted molar refractivity (Wildman–Crippen MR) is 100.0 cm³/mol. The molecular formula is C19H20ClN3O3. The number of imidazole rings is 1. The van der Waals surface area contributed by atoms with Crippen molar-refractivity contribution in [2.24, 2.45) is 0 Å². The first-order chi connectivity index (χ1) is 12.5. The summed E-state index contributed by atoms with van der Waals surface area (Å²) >= 11 is 5.90. The van der Waals surface area contributed by atoms with Gasteiger partial charge in [-0.3, -0.25) is 0 Å². The number of hydrogen-bond acceptors (Lipinski definition) is 5. The second kappa shape index (κ2) is 7.74. The zero-order valence-corrected chi connectivity index (χ0v) is 15.7. The fourth-order valence-electron chi connectivity index (χ4n) is 2.61. The number of carbonyl (C=O) groups is 1. The third kappa shape index (κ3) is 3.96. The number of fused-ring (bicyclic) bond motifs is 1. The van der Waals surface area contributed by atoms with Crippen LogP contribution in [0.5, 0.6) is 5.75 Å². The quantitative estimate of drug-likeness (QED) is 0.488. The maximum absolute atomic E-state index is 11.7. The SMILES string of the molecule is COC(=O)c1ccc2nc(C)n(Cc3ccc(OCC(C)Cl)cc3)c2n1. The summed E-state index contributed by atoms with van der Waals surface area (Å²) in [6.45, 7) is 4.86. The number of nitrogens with zero attached hydrogens (tertiary/aromatic N) is 3. The minimum absolute atomic E-state index is 0.0373. The molecule has 136 valence electrons. The van der Waals surface area contributed by atoms with Gasteiger partial charge >= 0.3 is 5.97 Å². The van der Waals surface area contributed by atoms with Crippen molar-refractivity contribution < 1.29 is 14.3 Å². The lowest BCUT2D eigenvalue weighted by molar-refractivity contribution is 0.0594. The van der Waals surface area contributed by atoms with Crippen molar-refractivity contribution in [2.45, 2.75) is 25.8 Å². The van der Waals surface area contributed by atoms with Crippen LogP contribution in [0.4, 0.5) is 0 Å². The molecule has 1 atom stereocenters. The number of benzene rings is 1. The second-order valence-electron chi connectivity index (χ2n) is 6.01. The highest BCUT2D eigenvalue weighted by molar-refractivity contribution is 6.20. The van der Waals surface area contributed by atoms with Gasteiger partial charge in [-0.25, -0.2) is 14.8 Å². The van der Waals surface area contributed by atoms with E-state index in [-0.39, 0.29) is 11.1 Å². The Balaban J connectivity index is 1.85. The Hall–Kier alpha value is -2.60. The average Bonchev–Trinajstić information content (AvgIpc) is 2.95. The molecule has 0 N–H and O–H groups in total. The molecule has 7 heteroatoms. The number of ether oxygens (including phenoxy) is 2. The summed E-state index contributed by atoms with van der Waals surface area (Å²) in [5, 5.41) is -0.0373. The number of halogens is 1. The largest absolute Gasteiger partial charge is 0.492 e. The number of carbonyl (C=O) groups excluding carboxylic acids is 1. The highest BCUT2D eigenvalue weighted by atomic mass is 35.5. The van der Waals surface area contributed by atoms with Crippen molar-refractivity contribution in [1.29, 1.82) is 0 Å². The van der Waals surface area contributed by atoms with Gasteiger partial charge in [0.25, 0.3) is 0 Å². The molecule has 6 nitrogen and oxygen atoms in total. The van der Waals surface area contributed by atoms with Crippen LogP contribution in [0.3, 0.4) is 0 Å². The summed E-state index contributed by atoms with van der Waals surface area (Å²) in [6.07, 6.45) is 0. The van der Waals surface area contributed by atoms with E-state index in [0.29, 0.717) is 18.8 Å². The number of alkyl halides is 1. The third-order valence-electron chi connectivity index (χ3n) is 3.92. The van der Waals surface area contributed by atoms with Crippen molar-refractivity contribution in [2.75, 3.05) is 13.7 Å². The lowest BCUT2D eigenvalue weighted by atomic mass is 10.2. The molecule has 0 spiro atoms. The van der Waals surface area contributed by atoms with Crippen LogP contribution in [0, 0.1) is 6.92 Å². The molecule has 0 bridgehead atoms. The van der Waals surface area contributed by atoms with Crippen molar-refractivity contribution >= 4 is 28.7 Å². The lowest BCUT2D eigenvalue weighted by Crippen LogP contribution is -2.08. The number of hydrogen-bond donors (Lipinski definition) is 0. The van der Waals surface area contributed by atoms with Gasteiger partial charge in [0.2, 0.25) is 0 Å². The van der Waals surface area contributed by atoms with Crippen LogP contribution in [0.25, 0.3) is 11.2 Å². The third-order valence-corrected chi connectivity index (χ3v) is 4.05. The van der Waals surface area contributed by atoms with Gasteiger partial charge in [0, 0.05) is 0 Å². The normalized spacial score (nSPS) is 12.2. The van der Waals surface area contributed by atoms with Crippen LogP contribution < -0.4 is 4.74 Å². The molecule has 3 rings (SSSR count). The Morgan fingerprint density at radius 2 is 1.92 bits per heavy atom. The molecule has 26 heavy (non-hydrogen) atoms. The number of rotatable bonds is 6. The molecule has 0 radical (unpaired) electrons. The molecular weight excluding hydrogens is 354 g/mol. The van der Waals surface area contributed by atoms with Crippen molar-refractivity contribution in [3.63, 3.8) is 0 Å². The maximum atomic E-state index is 11.7. The zero-order valence-electron chi connectivity index (χ0n) is 14.9. The first-order valence-electron chi connectivity index (χ1n) is 8.26. The number of esters is 1. The average molecular weight is 374 g/mol. The fraction of sp³-hybridized carbons (Fsp3) is 0.316. The van der Waals surface area contributed by atoms with Gasteiger partial charge < -0.3 is 14.0 Å². The van der Waals surface area contributed by atoms with E-state index in [1.165, 1.54) is 7.11 Å². The summed E-state index contributed by atoms with van der Waals surface area (Å²) in [4.78, 5) is 20.7. The minimum atomic E-state index is -0.465. The second-order valence-corrected chi connectivity index (χ2v) is 6.76. The van der Waals surface area contributed by atoms with E-state index in [1.54, 1.807) is 12.1 Å². The van der Waals surface area contributed by atoms with E-state index in [1.807, 2.05) is 42.7 Å². The molecule has 0 fully saturated rings.